The lowest BCUT2D eigenvalue weighted by Gasteiger charge is -2.40. The molecule has 0 spiro atoms. The molecule has 2 atom stereocenters. The minimum Gasteiger partial charge on any atom is -0.475 e. The second kappa shape index (κ2) is 13.3. The van der Waals surface area contributed by atoms with Crippen LogP contribution in [0.3, 0.4) is 0 Å². The van der Waals surface area contributed by atoms with Crippen molar-refractivity contribution >= 4 is 27.8 Å². The highest BCUT2D eigenvalue weighted by Gasteiger charge is 2.36. The van der Waals surface area contributed by atoms with E-state index in [2.05, 4.69) is 54.6 Å². The van der Waals surface area contributed by atoms with E-state index in [1.54, 1.807) is 12.1 Å². The summed E-state index contributed by atoms with van der Waals surface area (Å²) in [6.45, 7) is 14.3. The van der Waals surface area contributed by atoms with E-state index in [0.717, 1.165) is 42.4 Å². The number of hydrogen-bond donors (Lipinski definition) is 2. The van der Waals surface area contributed by atoms with E-state index >= 15 is 0 Å². The lowest BCUT2D eigenvalue weighted by atomic mass is 9.73. The number of aromatic nitrogens is 2. The Kier molecular flexibility index (Phi) is 9.69. The third kappa shape index (κ3) is 8.12. The summed E-state index contributed by atoms with van der Waals surface area (Å²) in [6, 6.07) is 12.9. The molecule has 2 aromatic carbocycles. The molecule has 1 unspecified atom stereocenters. The fourth-order valence-corrected chi connectivity index (χ4v) is 7.69. The van der Waals surface area contributed by atoms with Crippen LogP contribution in [0.5, 0.6) is 5.88 Å². The Morgan fingerprint density at radius 1 is 1.06 bits per heavy atom. The Labute approximate surface area is 278 Å². The highest BCUT2D eigenvalue weighted by Crippen LogP contribution is 2.36. The molecule has 0 saturated heterocycles. The molecule has 5 rings (SSSR count). The van der Waals surface area contributed by atoms with Gasteiger partial charge < -0.3 is 15.0 Å². The highest BCUT2D eigenvalue weighted by atomic mass is 32.2. The summed E-state index contributed by atoms with van der Waals surface area (Å²) in [5, 5.41) is 3.22. The van der Waals surface area contributed by atoms with E-state index < -0.39 is 22.0 Å². The van der Waals surface area contributed by atoms with E-state index in [1.165, 1.54) is 23.1 Å². The molecule has 2 amide bonds. The summed E-state index contributed by atoms with van der Waals surface area (Å²) < 4.78 is 36.1. The third-order valence-electron chi connectivity index (χ3n) is 9.19. The Morgan fingerprint density at radius 2 is 1.77 bits per heavy atom. The summed E-state index contributed by atoms with van der Waals surface area (Å²) in [6.07, 6.45) is 4.57. The number of ether oxygens (including phenoxy) is 1. The van der Waals surface area contributed by atoms with Crippen molar-refractivity contribution in [2.24, 2.45) is 10.8 Å². The van der Waals surface area contributed by atoms with Crippen molar-refractivity contribution in [3.63, 3.8) is 0 Å². The van der Waals surface area contributed by atoms with Gasteiger partial charge in [-0.25, -0.2) is 18.1 Å². The molecule has 11 heteroatoms. The molecule has 3 aromatic rings. The Bertz CT molecular complexity index is 1750. The lowest BCUT2D eigenvalue weighted by Crippen LogP contribution is -2.53. The predicted octanol–water partition coefficient (Wildman–Crippen LogP) is 6.29. The SMILES string of the molecule is Cc1cccc(C)c1-c1cc2nc(n1)NS(=O)(=O)c1cccc(c1)C(=O)N(CC(=O)NC1CCCCC1(C)C)[C@H](CC(C)(C)C)CO2. The van der Waals surface area contributed by atoms with Gasteiger partial charge in [-0.05, 0) is 73.3 Å². The molecule has 10 nitrogen and oxygen atoms in total. The Morgan fingerprint density at radius 3 is 2.45 bits per heavy atom. The van der Waals surface area contributed by atoms with Crippen molar-refractivity contribution in [2.75, 3.05) is 17.9 Å². The van der Waals surface area contributed by atoms with Crippen LogP contribution in [0.25, 0.3) is 11.3 Å². The van der Waals surface area contributed by atoms with Crippen LogP contribution in [0.2, 0.25) is 0 Å². The van der Waals surface area contributed by atoms with Gasteiger partial charge in [-0.1, -0.05) is 71.7 Å². The van der Waals surface area contributed by atoms with Gasteiger partial charge in [0.2, 0.25) is 17.7 Å². The van der Waals surface area contributed by atoms with Crippen LogP contribution in [-0.4, -0.2) is 60.3 Å². The summed E-state index contributed by atoms with van der Waals surface area (Å²) in [5.74, 6) is -0.698. The molecular formula is C36H47N5O5S. The molecule has 4 bridgehead atoms. The van der Waals surface area contributed by atoms with Crippen LogP contribution >= 0.6 is 0 Å². The zero-order chi connectivity index (χ0) is 34.1. The van der Waals surface area contributed by atoms with Crippen LogP contribution in [0, 0.1) is 24.7 Å². The van der Waals surface area contributed by atoms with Gasteiger partial charge in [-0.2, -0.15) is 4.98 Å². The minimum atomic E-state index is -4.20. The molecule has 1 saturated carbocycles. The zero-order valence-electron chi connectivity index (χ0n) is 28.5. The fourth-order valence-electron chi connectivity index (χ4n) is 6.70. The van der Waals surface area contributed by atoms with Crippen LogP contribution in [0.1, 0.15) is 88.2 Å². The largest absolute Gasteiger partial charge is 0.475 e. The van der Waals surface area contributed by atoms with Gasteiger partial charge >= 0.3 is 0 Å². The van der Waals surface area contributed by atoms with E-state index in [4.69, 9.17) is 4.74 Å². The number of rotatable bonds is 5. The number of hydrogen-bond acceptors (Lipinski definition) is 7. The molecule has 1 fully saturated rings. The standard InChI is InChI=1S/C36H47N5O5S/c1-23-12-10-13-24(2)32(23)28-19-31-39-34(37-28)40-47(44,45)27-15-11-14-25(18-27)33(43)41(26(22-46-31)20-35(3,4)5)21-30(42)38-29-16-8-9-17-36(29,6)7/h10-15,18-19,26,29H,8-9,16-17,20-22H2,1-7H3,(H,38,42)(H,37,39,40)/t26-,29?/m1/s1. The number of nitrogens with one attached hydrogen (secondary N) is 2. The van der Waals surface area contributed by atoms with E-state index in [1.807, 2.05) is 32.0 Å². The molecular weight excluding hydrogens is 614 g/mol. The number of aryl methyl sites for hydroxylation is 2. The fraction of sp³-hybridized carbons (Fsp3) is 0.500. The molecule has 1 aromatic heterocycles. The van der Waals surface area contributed by atoms with Crippen molar-refractivity contribution in [1.29, 1.82) is 0 Å². The first-order valence-corrected chi connectivity index (χ1v) is 17.8. The van der Waals surface area contributed by atoms with Gasteiger partial charge in [0, 0.05) is 23.2 Å². The average Bonchev–Trinajstić information content (AvgIpc) is 2.98. The van der Waals surface area contributed by atoms with Crippen molar-refractivity contribution in [2.45, 2.75) is 97.5 Å². The maximum absolute atomic E-state index is 14.3. The molecule has 2 N–H and O–H groups in total. The van der Waals surface area contributed by atoms with Gasteiger partial charge in [0.05, 0.1) is 16.6 Å². The summed E-state index contributed by atoms with van der Waals surface area (Å²) >= 11 is 0. The quantitative estimate of drug-likeness (QED) is 0.329. The topological polar surface area (TPSA) is 131 Å². The normalized spacial score (nSPS) is 20.9. The Hall–Kier alpha value is -3.99. The second-order valence-electron chi connectivity index (χ2n) is 14.8. The molecule has 47 heavy (non-hydrogen) atoms. The third-order valence-corrected chi connectivity index (χ3v) is 10.5. The summed E-state index contributed by atoms with van der Waals surface area (Å²) in [7, 11) is -4.20. The maximum Gasteiger partial charge on any atom is 0.264 e. The number of carbonyl (C=O) groups excluding carboxylic acids is 2. The number of nitrogens with zero attached hydrogens (tertiary/aromatic N) is 3. The number of fused-ring (bicyclic) bond motifs is 4. The first kappa shape index (κ1) is 34.3. The zero-order valence-corrected chi connectivity index (χ0v) is 29.3. The minimum absolute atomic E-state index is 0.00516. The molecule has 2 heterocycles. The van der Waals surface area contributed by atoms with Gasteiger partial charge in [0.1, 0.15) is 13.2 Å². The Balaban J connectivity index is 1.60. The number of carbonyl (C=O) groups is 2. The maximum atomic E-state index is 14.3. The van der Waals surface area contributed by atoms with Crippen molar-refractivity contribution < 1.29 is 22.7 Å². The smallest absolute Gasteiger partial charge is 0.264 e. The van der Waals surface area contributed by atoms with Crippen LogP contribution in [0.15, 0.2) is 53.4 Å². The number of sulfonamides is 1. The molecule has 252 valence electrons. The van der Waals surface area contributed by atoms with E-state index in [9.17, 15) is 18.0 Å². The van der Waals surface area contributed by atoms with E-state index in [0.29, 0.717) is 12.1 Å². The molecule has 2 aliphatic rings. The summed E-state index contributed by atoms with van der Waals surface area (Å²) in [5.41, 5.74) is 3.13. The number of anilines is 1. The highest BCUT2D eigenvalue weighted by molar-refractivity contribution is 7.92. The van der Waals surface area contributed by atoms with Crippen molar-refractivity contribution in [1.82, 2.24) is 20.2 Å². The van der Waals surface area contributed by atoms with E-state index in [-0.39, 0.29) is 58.2 Å². The predicted molar refractivity (Wildman–Crippen MR) is 183 cm³/mol. The van der Waals surface area contributed by atoms with Crippen molar-refractivity contribution in [3.8, 4) is 17.1 Å². The lowest BCUT2D eigenvalue weighted by molar-refractivity contribution is -0.124. The molecule has 1 aliphatic heterocycles. The number of benzene rings is 2. The number of amides is 2. The average molecular weight is 662 g/mol. The molecule has 0 radical (unpaired) electrons. The summed E-state index contributed by atoms with van der Waals surface area (Å²) in [4.78, 5) is 38.5. The second-order valence-corrected chi connectivity index (χ2v) is 16.5. The van der Waals surface area contributed by atoms with Crippen molar-refractivity contribution in [3.05, 3.63) is 65.2 Å². The van der Waals surface area contributed by atoms with Crippen LogP contribution in [-0.2, 0) is 14.8 Å². The van der Waals surface area contributed by atoms with Gasteiger partial charge in [0.25, 0.3) is 15.9 Å². The first-order valence-electron chi connectivity index (χ1n) is 16.3. The van der Waals surface area contributed by atoms with Gasteiger partial charge in [-0.15, -0.1) is 0 Å². The molecule has 1 aliphatic carbocycles. The monoisotopic (exact) mass is 661 g/mol. The van der Waals surface area contributed by atoms with Gasteiger partial charge in [0.15, 0.2) is 0 Å². The van der Waals surface area contributed by atoms with Crippen LogP contribution in [0.4, 0.5) is 5.95 Å². The van der Waals surface area contributed by atoms with Crippen LogP contribution < -0.4 is 14.8 Å². The first-order chi connectivity index (χ1) is 22.0. The van der Waals surface area contributed by atoms with Gasteiger partial charge in [-0.3, -0.25) is 9.59 Å².